The lowest BCUT2D eigenvalue weighted by atomic mass is 10.3. The average Bonchev–Trinajstić information content (AvgIpc) is 2.78. The molecule has 1 unspecified atom stereocenters. The molecule has 0 bridgehead atoms. The van der Waals surface area contributed by atoms with E-state index >= 15 is 0 Å². The van der Waals surface area contributed by atoms with Gasteiger partial charge in [0.25, 0.3) is 0 Å². The van der Waals surface area contributed by atoms with Crippen LogP contribution in [0, 0.1) is 0 Å². The second kappa shape index (κ2) is 4.77. The fourth-order valence-corrected chi connectivity index (χ4v) is 1.41. The molecule has 2 rings (SSSR count). The Kier molecular flexibility index (Phi) is 3.17. The van der Waals surface area contributed by atoms with Crippen LogP contribution in [0.4, 0.5) is 5.82 Å². The number of rotatable bonds is 4. The van der Waals surface area contributed by atoms with Crippen LogP contribution in [0.1, 0.15) is 13.8 Å². The summed E-state index contributed by atoms with van der Waals surface area (Å²) >= 11 is 0. The third-order valence-electron chi connectivity index (χ3n) is 2.22. The summed E-state index contributed by atoms with van der Waals surface area (Å²) in [7, 11) is 0. The van der Waals surface area contributed by atoms with Gasteiger partial charge >= 0.3 is 5.97 Å². The van der Waals surface area contributed by atoms with E-state index in [2.05, 4.69) is 25.3 Å². The molecule has 2 aromatic heterocycles. The third kappa shape index (κ3) is 2.32. The van der Waals surface area contributed by atoms with Gasteiger partial charge in [-0.15, -0.1) is 0 Å². The maximum atomic E-state index is 11.5. The molecule has 7 heteroatoms. The quantitative estimate of drug-likeness (QED) is 0.758. The number of imidazole rings is 1. The summed E-state index contributed by atoms with van der Waals surface area (Å²) in [5.41, 5.74) is 1.22. The van der Waals surface area contributed by atoms with Gasteiger partial charge in [-0.1, -0.05) is 0 Å². The molecule has 0 aliphatic heterocycles. The van der Waals surface area contributed by atoms with Crippen LogP contribution in [-0.2, 0) is 9.53 Å². The Balaban J connectivity index is 2.18. The van der Waals surface area contributed by atoms with Crippen molar-refractivity contribution in [3.05, 3.63) is 12.7 Å². The molecular formula is C10H13N5O2. The van der Waals surface area contributed by atoms with E-state index in [4.69, 9.17) is 4.74 Å². The lowest BCUT2D eigenvalue weighted by molar-refractivity contribution is -0.143. The van der Waals surface area contributed by atoms with Crippen LogP contribution in [-0.4, -0.2) is 38.6 Å². The molecule has 0 amide bonds. The summed E-state index contributed by atoms with van der Waals surface area (Å²) in [6.45, 7) is 3.83. The number of fused-ring (bicyclic) bond motifs is 1. The number of anilines is 1. The topological polar surface area (TPSA) is 92.8 Å². The first-order chi connectivity index (χ1) is 8.22. The van der Waals surface area contributed by atoms with Gasteiger partial charge in [-0.05, 0) is 13.8 Å². The monoisotopic (exact) mass is 235 g/mol. The van der Waals surface area contributed by atoms with Crippen LogP contribution < -0.4 is 5.32 Å². The number of hydrogen-bond acceptors (Lipinski definition) is 6. The molecule has 0 radical (unpaired) electrons. The molecule has 2 heterocycles. The molecule has 0 saturated heterocycles. The zero-order valence-electron chi connectivity index (χ0n) is 9.60. The Bertz CT molecular complexity index is 524. The standard InChI is InChI=1S/C10H13N5O2/c1-3-17-10(16)6(2)15-9-7-8(12-4-11-7)13-5-14-9/h4-6H,3H2,1-2H3,(H2,11,12,13,14,15). The second-order valence-electron chi connectivity index (χ2n) is 3.44. The van der Waals surface area contributed by atoms with E-state index in [0.29, 0.717) is 23.6 Å². The number of aromatic nitrogens is 4. The summed E-state index contributed by atoms with van der Waals surface area (Å²) in [5, 5.41) is 2.96. The van der Waals surface area contributed by atoms with E-state index in [1.165, 1.54) is 12.7 Å². The Hall–Kier alpha value is -2.18. The lowest BCUT2D eigenvalue weighted by Crippen LogP contribution is -2.28. The number of nitrogens with one attached hydrogen (secondary N) is 2. The maximum Gasteiger partial charge on any atom is 0.328 e. The van der Waals surface area contributed by atoms with Gasteiger partial charge in [-0.2, -0.15) is 0 Å². The summed E-state index contributed by atoms with van der Waals surface area (Å²) in [6, 6.07) is -0.476. The van der Waals surface area contributed by atoms with Crippen molar-refractivity contribution in [2.24, 2.45) is 0 Å². The number of carbonyl (C=O) groups excluding carboxylic acids is 1. The SMILES string of the molecule is CCOC(=O)C(C)Nc1ncnc2nc[nH]c12. The molecule has 2 aromatic rings. The summed E-state index contributed by atoms with van der Waals surface area (Å²) in [4.78, 5) is 26.4. The summed E-state index contributed by atoms with van der Waals surface area (Å²) in [5.74, 6) is 0.215. The number of H-pyrrole nitrogens is 1. The smallest absolute Gasteiger partial charge is 0.328 e. The van der Waals surface area contributed by atoms with E-state index in [1.807, 2.05) is 0 Å². The number of ether oxygens (including phenoxy) is 1. The molecule has 90 valence electrons. The van der Waals surface area contributed by atoms with Crippen molar-refractivity contribution in [3.8, 4) is 0 Å². The Morgan fingerprint density at radius 3 is 3.12 bits per heavy atom. The van der Waals surface area contributed by atoms with Crippen molar-refractivity contribution in [1.29, 1.82) is 0 Å². The van der Waals surface area contributed by atoms with Gasteiger partial charge in [0.15, 0.2) is 11.5 Å². The van der Waals surface area contributed by atoms with Crippen LogP contribution in [0.5, 0.6) is 0 Å². The number of hydrogen-bond donors (Lipinski definition) is 2. The van der Waals surface area contributed by atoms with Crippen LogP contribution in [0.3, 0.4) is 0 Å². The van der Waals surface area contributed by atoms with Gasteiger partial charge in [0.1, 0.15) is 17.9 Å². The molecule has 0 aromatic carbocycles. The van der Waals surface area contributed by atoms with E-state index in [9.17, 15) is 4.79 Å². The van der Waals surface area contributed by atoms with E-state index in [0.717, 1.165) is 0 Å². The minimum atomic E-state index is -0.476. The first-order valence-electron chi connectivity index (χ1n) is 5.29. The van der Waals surface area contributed by atoms with Crippen LogP contribution in [0.25, 0.3) is 11.2 Å². The van der Waals surface area contributed by atoms with Gasteiger partial charge in [-0.3, -0.25) is 0 Å². The maximum absolute atomic E-state index is 11.5. The highest BCUT2D eigenvalue weighted by Crippen LogP contribution is 2.15. The highest BCUT2D eigenvalue weighted by atomic mass is 16.5. The van der Waals surface area contributed by atoms with Crippen LogP contribution in [0.2, 0.25) is 0 Å². The molecule has 2 N–H and O–H groups in total. The van der Waals surface area contributed by atoms with Crippen molar-refractivity contribution in [2.45, 2.75) is 19.9 Å². The third-order valence-corrected chi connectivity index (χ3v) is 2.22. The van der Waals surface area contributed by atoms with Gasteiger partial charge in [0, 0.05) is 0 Å². The van der Waals surface area contributed by atoms with E-state index in [1.54, 1.807) is 13.8 Å². The van der Waals surface area contributed by atoms with Crippen molar-refractivity contribution in [1.82, 2.24) is 19.9 Å². The molecule has 0 fully saturated rings. The Morgan fingerprint density at radius 2 is 2.35 bits per heavy atom. The normalized spacial score (nSPS) is 12.4. The molecule has 7 nitrogen and oxygen atoms in total. The van der Waals surface area contributed by atoms with Gasteiger partial charge in [0.05, 0.1) is 12.9 Å². The molecule has 1 atom stereocenters. The zero-order chi connectivity index (χ0) is 12.3. The van der Waals surface area contributed by atoms with Gasteiger partial charge in [0.2, 0.25) is 0 Å². The highest BCUT2D eigenvalue weighted by molar-refractivity contribution is 5.85. The van der Waals surface area contributed by atoms with Crippen molar-refractivity contribution >= 4 is 23.0 Å². The largest absolute Gasteiger partial charge is 0.464 e. The number of carbonyl (C=O) groups is 1. The van der Waals surface area contributed by atoms with Crippen LogP contribution >= 0.6 is 0 Å². The Labute approximate surface area is 97.6 Å². The van der Waals surface area contributed by atoms with E-state index in [-0.39, 0.29) is 5.97 Å². The molecular weight excluding hydrogens is 222 g/mol. The fourth-order valence-electron chi connectivity index (χ4n) is 1.41. The van der Waals surface area contributed by atoms with Crippen molar-refractivity contribution in [3.63, 3.8) is 0 Å². The lowest BCUT2D eigenvalue weighted by Gasteiger charge is -2.12. The average molecular weight is 235 g/mol. The first kappa shape index (κ1) is 11.3. The molecule has 0 aliphatic carbocycles. The minimum absolute atomic E-state index is 0.321. The zero-order valence-corrected chi connectivity index (χ0v) is 9.60. The van der Waals surface area contributed by atoms with Gasteiger partial charge in [-0.25, -0.2) is 19.7 Å². The second-order valence-corrected chi connectivity index (χ2v) is 3.44. The number of esters is 1. The number of nitrogens with zero attached hydrogens (tertiary/aromatic N) is 3. The van der Waals surface area contributed by atoms with Crippen molar-refractivity contribution < 1.29 is 9.53 Å². The number of aromatic amines is 1. The predicted molar refractivity (Wildman–Crippen MR) is 61.4 cm³/mol. The first-order valence-corrected chi connectivity index (χ1v) is 5.29. The molecule has 17 heavy (non-hydrogen) atoms. The Morgan fingerprint density at radius 1 is 1.53 bits per heavy atom. The summed E-state index contributed by atoms with van der Waals surface area (Å²) in [6.07, 6.45) is 2.92. The highest BCUT2D eigenvalue weighted by Gasteiger charge is 2.16. The fraction of sp³-hybridized carbons (Fsp3) is 0.400. The summed E-state index contributed by atoms with van der Waals surface area (Å²) < 4.78 is 4.90. The minimum Gasteiger partial charge on any atom is -0.464 e. The molecule has 0 saturated carbocycles. The molecule has 0 aliphatic rings. The van der Waals surface area contributed by atoms with Crippen molar-refractivity contribution in [2.75, 3.05) is 11.9 Å². The predicted octanol–water partition coefficient (Wildman–Crippen LogP) is 0.716. The van der Waals surface area contributed by atoms with Crippen LogP contribution in [0.15, 0.2) is 12.7 Å². The van der Waals surface area contributed by atoms with E-state index < -0.39 is 6.04 Å². The van der Waals surface area contributed by atoms with Gasteiger partial charge < -0.3 is 15.0 Å². The molecule has 0 spiro atoms.